The topological polar surface area (TPSA) is 64.7 Å². The summed E-state index contributed by atoms with van der Waals surface area (Å²) in [6.45, 7) is 0. The number of anilines is 3. The van der Waals surface area contributed by atoms with E-state index in [4.69, 9.17) is 20.4 Å². The van der Waals surface area contributed by atoms with Crippen molar-refractivity contribution < 1.29 is 0 Å². The minimum Gasteiger partial charge on any atom is -0.311 e. The van der Waals surface area contributed by atoms with E-state index < -0.39 is 8.07 Å². The fraction of sp³-hybridized carbons (Fsp3) is 0. The molecule has 7 nitrogen and oxygen atoms in total. The van der Waals surface area contributed by atoms with Gasteiger partial charge in [0.2, 0.25) is 0 Å². The van der Waals surface area contributed by atoms with E-state index in [-0.39, 0.29) is 0 Å². The summed E-state index contributed by atoms with van der Waals surface area (Å²) in [6, 6.07) is 74.9. The second-order valence-corrected chi connectivity index (χ2v) is 17.5. The monoisotopic (exact) mass is 737 g/mol. The van der Waals surface area contributed by atoms with Crippen LogP contribution in [0.5, 0.6) is 0 Å². The number of nitrogens with zero attached hydrogens (tertiary/aromatic N) is 7. The second-order valence-electron chi connectivity index (χ2n) is 13.7. The largest absolute Gasteiger partial charge is 0.311 e. The summed E-state index contributed by atoms with van der Waals surface area (Å²) in [7, 11) is -2.69. The Balaban J connectivity index is 1.09. The van der Waals surface area contributed by atoms with Crippen molar-refractivity contribution in [1.82, 2.24) is 30.0 Å². The van der Waals surface area contributed by atoms with Crippen LogP contribution in [0.2, 0.25) is 0 Å². The molecular formula is C48H35N7Si. The van der Waals surface area contributed by atoms with E-state index in [1.165, 1.54) is 20.7 Å². The summed E-state index contributed by atoms with van der Waals surface area (Å²) < 4.78 is 0. The predicted molar refractivity (Wildman–Crippen MR) is 230 cm³/mol. The molecule has 0 N–H and O–H groups in total. The van der Waals surface area contributed by atoms with Gasteiger partial charge in [-0.05, 0) is 106 Å². The van der Waals surface area contributed by atoms with Gasteiger partial charge in [0.1, 0.15) is 22.1 Å². The highest BCUT2D eigenvalue weighted by Crippen LogP contribution is 2.35. The molecule has 0 aliphatic heterocycles. The number of hydrogen-bond acceptors (Lipinski definition) is 5. The fourth-order valence-corrected chi connectivity index (χ4v) is 12.5. The van der Waals surface area contributed by atoms with Crippen molar-refractivity contribution in [3.05, 3.63) is 212 Å². The van der Waals surface area contributed by atoms with E-state index >= 15 is 0 Å². The Hall–Kier alpha value is -7.42. The molecule has 0 aliphatic rings. The van der Waals surface area contributed by atoms with Crippen LogP contribution in [-0.2, 0) is 0 Å². The van der Waals surface area contributed by atoms with Crippen molar-refractivity contribution in [2.45, 2.75) is 0 Å². The van der Waals surface area contributed by atoms with E-state index in [1.54, 1.807) is 9.59 Å². The molecule has 2 heterocycles. The average Bonchev–Trinajstić information content (AvgIpc) is 3.92. The molecule has 0 bridgehead atoms. The molecule has 0 aliphatic carbocycles. The Kier molecular flexibility index (Phi) is 8.35. The van der Waals surface area contributed by atoms with Gasteiger partial charge in [-0.1, -0.05) is 127 Å². The maximum absolute atomic E-state index is 4.72. The molecule has 0 atom stereocenters. The molecule has 10 aromatic rings. The summed E-state index contributed by atoms with van der Waals surface area (Å²) in [4.78, 5) is 5.68. The van der Waals surface area contributed by atoms with Gasteiger partial charge >= 0.3 is 0 Å². The zero-order chi connectivity index (χ0) is 37.3. The van der Waals surface area contributed by atoms with Crippen LogP contribution in [0, 0.1) is 0 Å². The predicted octanol–water partition coefficient (Wildman–Crippen LogP) is 8.00. The summed E-state index contributed by atoms with van der Waals surface area (Å²) in [5, 5.41) is 24.2. The molecule has 0 amide bonds. The molecule has 0 saturated heterocycles. The number of fused-ring (bicyclic) bond motifs is 2. The Morgan fingerprint density at radius 2 is 0.554 bits per heavy atom. The van der Waals surface area contributed by atoms with Gasteiger partial charge in [-0.2, -0.15) is 9.59 Å². The van der Waals surface area contributed by atoms with Crippen molar-refractivity contribution in [3.63, 3.8) is 0 Å². The third-order valence-corrected chi connectivity index (χ3v) is 15.2. The molecule has 0 unspecified atom stereocenters. The van der Waals surface area contributed by atoms with E-state index in [1.807, 2.05) is 48.5 Å². The standard InChI is InChI=1S/C48H35N7Si/c1-4-14-41(15-5-1)56(42-16-6-2-7-17-42,43-18-8-3-9-19-43)44-34-32-38(33-35-44)53(36-24-28-39(29-25-36)54-49-45-20-10-11-21-46(45)50-54)37-26-30-40(31-27-37)55-51-47-22-12-13-23-48(47)52-55/h1-35H. The minimum atomic E-state index is -2.69. The molecular weight excluding hydrogens is 703 g/mol. The van der Waals surface area contributed by atoms with Crippen LogP contribution >= 0.6 is 0 Å². The van der Waals surface area contributed by atoms with Crippen molar-refractivity contribution in [3.8, 4) is 11.4 Å². The van der Waals surface area contributed by atoms with Gasteiger partial charge in [0.25, 0.3) is 0 Å². The summed E-state index contributed by atoms with van der Waals surface area (Å²) in [5.74, 6) is 0. The summed E-state index contributed by atoms with van der Waals surface area (Å²) in [5.41, 5.74) is 8.26. The van der Waals surface area contributed by atoms with Crippen molar-refractivity contribution in [1.29, 1.82) is 0 Å². The molecule has 0 fully saturated rings. The van der Waals surface area contributed by atoms with Gasteiger partial charge in [0.15, 0.2) is 8.07 Å². The van der Waals surface area contributed by atoms with Gasteiger partial charge in [-0.25, -0.2) is 0 Å². The second kappa shape index (κ2) is 14.1. The zero-order valence-corrected chi connectivity index (χ0v) is 31.3. The van der Waals surface area contributed by atoms with Gasteiger partial charge in [-0.15, -0.1) is 20.4 Å². The van der Waals surface area contributed by atoms with Gasteiger partial charge < -0.3 is 4.90 Å². The van der Waals surface area contributed by atoms with E-state index in [2.05, 4.69) is 169 Å². The van der Waals surface area contributed by atoms with Gasteiger partial charge in [-0.3, -0.25) is 0 Å². The highest BCUT2D eigenvalue weighted by atomic mass is 28.3. The van der Waals surface area contributed by atoms with Gasteiger partial charge in [0, 0.05) is 17.1 Å². The van der Waals surface area contributed by atoms with Crippen LogP contribution < -0.4 is 25.6 Å². The summed E-state index contributed by atoms with van der Waals surface area (Å²) in [6.07, 6.45) is 0. The SMILES string of the molecule is c1ccc([Si](c2ccccc2)(c2ccccc2)c2ccc(N(c3ccc(-n4nc5ccccc5n4)cc3)c3ccc(-n4nc5ccccc5n4)cc3)cc2)cc1. The lowest BCUT2D eigenvalue weighted by Crippen LogP contribution is -2.74. The lowest BCUT2D eigenvalue weighted by molar-refractivity contribution is 0.765. The molecule has 266 valence electrons. The van der Waals surface area contributed by atoms with Crippen LogP contribution in [0.4, 0.5) is 17.1 Å². The van der Waals surface area contributed by atoms with Crippen LogP contribution in [0.25, 0.3) is 33.4 Å². The molecule has 56 heavy (non-hydrogen) atoms. The van der Waals surface area contributed by atoms with Crippen LogP contribution in [0.15, 0.2) is 212 Å². The lowest BCUT2D eigenvalue weighted by Gasteiger charge is -2.35. The van der Waals surface area contributed by atoms with E-state index in [0.717, 1.165) is 50.5 Å². The van der Waals surface area contributed by atoms with E-state index in [9.17, 15) is 0 Å². The van der Waals surface area contributed by atoms with E-state index in [0.29, 0.717) is 0 Å². The molecule has 8 heteroatoms. The smallest absolute Gasteiger partial charge is 0.179 e. The molecule has 8 aromatic carbocycles. The highest BCUT2D eigenvalue weighted by Gasteiger charge is 2.41. The lowest BCUT2D eigenvalue weighted by atomic mass is 10.1. The third-order valence-electron chi connectivity index (χ3n) is 10.4. The molecule has 10 rings (SSSR count). The first-order valence-corrected chi connectivity index (χ1v) is 20.7. The Morgan fingerprint density at radius 3 is 0.875 bits per heavy atom. The molecule has 0 radical (unpaired) electrons. The number of aromatic nitrogens is 6. The maximum Gasteiger partial charge on any atom is 0.179 e. The van der Waals surface area contributed by atoms with Crippen LogP contribution in [0.3, 0.4) is 0 Å². The Labute approximate surface area is 325 Å². The quantitative estimate of drug-likeness (QED) is 0.111. The zero-order valence-electron chi connectivity index (χ0n) is 30.3. The van der Waals surface area contributed by atoms with Gasteiger partial charge in [0.05, 0.1) is 11.4 Å². The normalized spacial score (nSPS) is 11.6. The Morgan fingerprint density at radius 1 is 0.286 bits per heavy atom. The molecule has 0 spiro atoms. The van der Waals surface area contributed by atoms with Crippen molar-refractivity contribution >= 4 is 67.9 Å². The number of rotatable bonds is 9. The first-order valence-electron chi connectivity index (χ1n) is 18.7. The molecule has 0 saturated carbocycles. The minimum absolute atomic E-state index is 0.860. The van der Waals surface area contributed by atoms with Crippen LogP contribution in [-0.4, -0.2) is 38.1 Å². The van der Waals surface area contributed by atoms with Crippen LogP contribution in [0.1, 0.15) is 0 Å². The van der Waals surface area contributed by atoms with Crippen molar-refractivity contribution in [2.24, 2.45) is 0 Å². The summed E-state index contributed by atoms with van der Waals surface area (Å²) >= 11 is 0. The van der Waals surface area contributed by atoms with Crippen molar-refractivity contribution in [2.75, 3.05) is 4.90 Å². The average molecular weight is 738 g/mol. The number of hydrogen-bond donors (Lipinski definition) is 0. The highest BCUT2D eigenvalue weighted by molar-refractivity contribution is 7.19. The number of benzene rings is 8. The first-order chi connectivity index (χ1) is 27.7. The Bertz CT molecular complexity index is 2610. The molecule has 2 aromatic heterocycles. The first kappa shape index (κ1) is 33.2. The fourth-order valence-electron chi connectivity index (χ4n) is 7.79. The maximum atomic E-state index is 4.72. The third kappa shape index (κ3) is 5.85.